The van der Waals surface area contributed by atoms with E-state index in [1.54, 1.807) is 18.2 Å². The number of benzene rings is 3. The van der Waals surface area contributed by atoms with E-state index < -0.39 is 0 Å². The Hall–Kier alpha value is -3.60. The number of para-hydroxylation sites is 2. The Morgan fingerprint density at radius 1 is 0.821 bits per heavy atom. The Labute approximate surface area is 164 Å². The van der Waals surface area contributed by atoms with E-state index in [2.05, 4.69) is 16.0 Å². The number of anilines is 2. The molecular formula is C23H23N3O2. The van der Waals surface area contributed by atoms with Gasteiger partial charge in [-0.3, -0.25) is 9.59 Å². The first kappa shape index (κ1) is 19.2. The number of hydrogen-bond acceptors (Lipinski definition) is 3. The van der Waals surface area contributed by atoms with E-state index in [1.807, 2.05) is 67.6 Å². The van der Waals surface area contributed by atoms with Crippen LogP contribution < -0.4 is 16.0 Å². The first-order valence-corrected chi connectivity index (χ1v) is 9.14. The maximum absolute atomic E-state index is 12.6. The summed E-state index contributed by atoms with van der Waals surface area (Å²) in [4.78, 5) is 24.8. The number of carbonyl (C=O) groups excluding carboxylic acids is 2. The summed E-state index contributed by atoms with van der Waals surface area (Å²) < 4.78 is 0. The van der Waals surface area contributed by atoms with Crippen molar-refractivity contribution >= 4 is 23.2 Å². The number of rotatable bonds is 7. The van der Waals surface area contributed by atoms with E-state index in [0.29, 0.717) is 17.8 Å². The van der Waals surface area contributed by atoms with Crippen molar-refractivity contribution in [2.75, 3.05) is 17.2 Å². The smallest absolute Gasteiger partial charge is 0.257 e. The van der Waals surface area contributed by atoms with Gasteiger partial charge < -0.3 is 16.0 Å². The van der Waals surface area contributed by atoms with Crippen molar-refractivity contribution in [1.82, 2.24) is 5.32 Å². The molecule has 0 aliphatic carbocycles. The lowest BCUT2D eigenvalue weighted by molar-refractivity contribution is -0.119. The normalized spacial score (nSPS) is 10.2. The Morgan fingerprint density at radius 2 is 1.50 bits per heavy atom. The second kappa shape index (κ2) is 9.37. The van der Waals surface area contributed by atoms with Crippen LogP contribution in [-0.2, 0) is 11.3 Å². The van der Waals surface area contributed by atoms with Crippen LogP contribution in [0.2, 0.25) is 0 Å². The maximum Gasteiger partial charge on any atom is 0.257 e. The van der Waals surface area contributed by atoms with Crippen molar-refractivity contribution in [3.63, 3.8) is 0 Å². The molecule has 0 radical (unpaired) electrons. The van der Waals surface area contributed by atoms with E-state index in [9.17, 15) is 9.59 Å². The highest BCUT2D eigenvalue weighted by molar-refractivity contribution is 6.08. The van der Waals surface area contributed by atoms with Crippen molar-refractivity contribution in [3.05, 3.63) is 95.6 Å². The summed E-state index contributed by atoms with van der Waals surface area (Å²) in [5.74, 6) is -0.365. The van der Waals surface area contributed by atoms with Crippen molar-refractivity contribution in [2.24, 2.45) is 0 Å². The van der Waals surface area contributed by atoms with Crippen LogP contribution in [0.1, 0.15) is 21.5 Å². The first-order valence-electron chi connectivity index (χ1n) is 9.14. The summed E-state index contributed by atoms with van der Waals surface area (Å²) in [5, 5.41) is 8.81. The van der Waals surface area contributed by atoms with Crippen molar-refractivity contribution in [1.29, 1.82) is 0 Å². The van der Waals surface area contributed by atoms with Gasteiger partial charge in [0.25, 0.3) is 5.91 Å². The van der Waals surface area contributed by atoms with Gasteiger partial charge in [-0.05, 0) is 42.3 Å². The minimum Gasteiger partial charge on any atom is -0.376 e. The third-order valence-electron chi connectivity index (χ3n) is 4.38. The predicted octanol–water partition coefficient (Wildman–Crippen LogP) is 3.98. The molecule has 0 heterocycles. The van der Waals surface area contributed by atoms with Gasteiger partial charge in [-0.15, -0.1) is 0 Å². The van der Waals surface area contributed by atoms with E-state index in [-0.39, 0.29) is 18.4 Å². The number of nitrogens with one attached hydrogen (secondary N) is 3. The van der Waals surface area contributed by atoms with Crippen LogP contribution in [0.5, 0.6) is 0 Å². The number of amides is 2. The monoisotopic (exact) mass is 373 g/mol. The molecule has 2 amide bonds. The molecule has 0 aliphatic rings. The van der Waals surface area contributed by atoms with Crippen LogP contribution in [0, 0.1) is 6.92 Å². The van der Waals surface area contributed by atoms with E-state index in [4.69, 9.17) is 0 Å². The number of hydrogen-bond donors (Lipinski definition) is 3. The molecule has 3 N–H and O–H groups in total. The van der Waals surface area contributed by atoms with Gasteiger partial charge in [-0.1, -0.05) is 54.6 Å². The zero-order valence-corrected chi connectivity index (χ0v) is 15.7. The van der Waals surface area contributed by atoms with Crippen LogP contribution in [0.15, 0.2) is 78.9 Å². The maximum atomic E-state index is 12.6. The van der Waals surface area contributed by atoms with Crippen molar-refractivity contribution in [3.8, 4) is 0 Å². The molecule has 0 aliphatic heterocycles. The topological polar surface area (TPSA) is 70.2 Å². The molecule has 3 rings (SSSR count). The fourth-order valence-corrected chi connectivity index (χ4v) is 2.80. The molecule has 0 unspecified atom stereocenters. The van der Waals surface area contributed by atoms with Crippen LogP contribution in [0.3, 0.4) is 0 Å². The highest BCUT2D eigenvalue weighted by atomic mass is 16.2. The third-order valence-corrected chi connectivity index (χ3v) is 4.38. The molecule has 5 nitrogen and oxygen atoms in total. The predicted molar refractivity (Wildman–Crippen MR) is 112 cm³/mol. The largest absolute Gasteiger partial charge is 0.376 e. The van der Waals surface area contributed by atoms with Gasteiger partial charge in [0.15, 0.2) is 0 Å². The second-order valence-electron chi connectivity index (χ2n) is 6.42. The molecule has 3 aromatic rings. The zero-order chi connectivity index (χ0) is 19.8. The van der Waals surface area contributed by atoms with Crippen molar-refractivity contribution in [2.45, 2.75) is 13.5 Å². The molecule has 0 saturated carbocycles. The molecule has 28 heavy (non-hydrogen) atoms. The average Bonchev–Trinajstić information content (AvgIpc) is 2.72. The molecule has 0 aromatic heterocycles. The fourth-order valence-electron chi connectivity index (χ4n) is 2.80. The van der Waals surface area contributed by atoms with E-state index in [1.165, 1.54) is 0 Å². The molecular weight excluding hydrogens is 350 g/mol. The zero-order valence-electron chi connectivity index (χ0n) is 15.7. The van der Waals surface area contributed by atoms with Gasteiger partial charge in [0.05, 0.1) is 12.1 Å². The summed E-state index contributed by atoms with van der Waals surface area (Å²) in [7, 11) is 0. The summed E-state index contributed by atoms with van der Waals surface area (Å²) in [5.41, 5.74) is 4.04. The molecule has 142 valence electrons. The highest BCUT2D eigenvalue weighted by Crippen LogP contribution is 2.17. The molecule has 0 spiro atoms. The van der Waals surface area contributed by atoms with Gasteiger partial charge in [-0.2, -0.15) is 0 Å². The third kappa shape index (κ3) is 5.20. The lowest BCUT2D eigenvalue weighted by Crippen LogP contribution is -2.30. The van der Waals surface area contributed by atoms with Crippen LogP contribution in [0.25, 0.3) is 0 Å². The average molecular weight is 373 g/mol. The lowest BCUT2D eigenvalue weighted by atomic mass is 10.1. The fraction of sp³-hybridized carbons (Fsp3) is 0.130. The number of carbonyl (C=O) groups is 2. The number of aryl methyl sites for hydroxylation is 1. The van der Waals surface area contributed by atoms with Gasteiger partial charge in [0.1, 0.15) is 0 Å². The minimum absolute atomic E-state index is 0.0848. The summed E-state index contributed by atoms with van der Waals surface area (Å²) in [6.45, 7) is 2.58. The van der Waals surface area contributed by atoms with Crippen LogP contribution >= 0.6 is 0 Å². The SMILES string of the molecule is Cc1ccccc1CNC(=O)CNc1ccccc1C(=O)Nc1ccccc1. The van der Waals surface area contributed by atoms with Gasteiger partial charge >= 0.3 is 0 Å². The second-order valence-corrected chi connectivity index (χ2v) is 6.42. The van der Waals surface area contributed by atoms with Gasteiger partial charge in [0.2, 0.25) is 5.91 Å². The van der Waals surface area contributed by atoms with E-state index >= 15 is 0 Å². The summed E-state index contributed by atoms with van der Waals surface area (Å²) >= 11 is 0. The highest BCUT2D eigenvalue weighted by Gasteiger charge is 2.12. The Morgan fingerprint density at radius 3 is 2.29 bits per heavy atom. The van der Waals surface area contributed by atoms with Gasteiger partial charge in [-0.25, -0.2) is 0 Å². The molecule has 3 aromatic carbocycles. The van der Waals surface area contributed by atoms with Crippen molar-refractivity contribution < 1.29 is 9.59 Å². The quantitative estimate of drug-likeness (QED) is 0.587. The molecule has 0 atom stereocenters. The standard InChI is InChI=1S/C23H23N3O2/c1-17-9-5-6-10-18(17)15-25-22(27)16-24-21-14-8-7-13-20(21)23(28)26-19-11-3-2-4-12-19/h2-14,24H,15-16H2,1H3,(H,25,27)(H,26,28). The summed E-state index contributed by atoms with van der Waals surface area (Å²) in [6.07, 6.45) is 0. The van der Waals surface area contributed by atoms with Crippen LogP contribution in [0.4, 0.5) is 11.4 Å². The first-order chi connectivity index (χ1) is 13.6. The molecule has 5 heteroatoms. The summed E-state index contributed by atoms with van der Waals surface area (Å²) in [6, 6.07) is 24.3. The minimum atomic E-state index is -0.227. The van der Waals surface area contributed by atoms with E-state index in [0.717, 1.165) is 16.8 Å². The van der Waals surface area contributed by atoms with Gasteiger partial charge in [0, 0.05) is 17.9 Å². The lowest BCUT2D eigenvalue weighted by Gasteiger charge is -2.13. The Balaban J connectivity index is 1.58. The Bertz CT molecular complexity index is 955. The molecule has 0 fully saturated rings. The molecule has 0 bridgehead atoms. The van der Waals surface area contributed by atoms with Crippen LogP contribution in [-0.4, -0.2) is 18.4 Å². The Kier molecular flexibility index (Phi) is 6.41. The molecule has 0 saturated heterocycles.